The number of methoxy groups -OCH3 is 1. The maximum absolute atomic E-state index is 15.2. The van der Waals surface area contributed by atoms with Gasteiger partial charge in [-0.2, -0.15) is 0 Å². The highest BCUT2D eigenvalue weighted by Crippen LogP contribution is 2.29. The van der Waals surface area contributed by atoms with Gasteiger partial charge >= 0.3 is 6.09 Å². The fourth-order valence-corrected chi connectivity index (χ4v) is 5.67. The van der Waals surface area contributed by atoms with Crippen LogP contribution in [-0.4, -0.2) is 73.0 Å². The zero-order valence-corrected chi connectivity index (χ0v) is 22.5. The smallest absolute Gasteiger partial charge is 0.414 e. The summed E-state index contributed by atoms with van der Waals surface area (Å²) in [5.41, 5.74) is 4.91. The maximum atomic E-state index is 15.2. The van der Waals surface area contributed by atoms with Gasteiger partial charge < -0.3 is 14.4 Å². The molecule has 1 aromatic heterocycles. The number of para-hydroxylation sites is 1. The highest BCUT2D eigenvalue weighted by Gasteiger charge is 2.33. The molecule has 200 valence electrons. The van der Waals surface area contributed by atoms with Crippen LogP contribution in [0.15, 0.2) is 42.5 Å². The molecule has 1 atom stereocenters. The standard InChI is InChI=1S/C26H28FN5O4S2/c1-35-25(37)9-7-18-16-31(26(34)36-18)17-6-8-21(19(27)14-17)30-11-10-28-32(13-12-30)24(33)15-23-29-20-4-2-3-5-22(20)38-23/h2-6,8,14,18,28H,7,9-13,15-16H2,1H3/t18-/m0/s1. The number of carbonyl (C=O) groups excluding carboxylic acids is 2. The molecule has 12 heteroatoms. The van der Waals surface area contributed by atoms with Crippen LogP contribution >= 0.6 is 23.6 Å². The third-order valence-corrected chi connectivity index (χ3v) is 7.98. The van der Waals surface area contributed by atoms with Crippen LogP contribution in [-0.2, 0) is 20.7 Å². The monoisotopic (exact) mass is 557 g/mol. The van der Waals surface area contributed by atoms with E-state index in [4.69, 9.17) is 21.7 Å². The van der Waals surface area contributed by atoms with Crippen LogP contribution in [0.4, 0.5) is 20.6 Å². The van der Waals surface area contributed by atoms with Crippen LogP contribution in [0.25, 0.3) is 10.2 Å². The van der Waals surface area contributed by atoms with Gasteiger partial charge in [0.15, 0.2) is 5.05 Å². The second-order valence-electron chi connectivity index (χ2n) is 9.06. The Morgan fingerprint density at radius 3 is 2.89 bits per heavy atom. The molecule has 2 fully saturated rings. The number of thiocarbonyl (C=S) groups is 1. The zero-order valence-electron chi connectivity index (χ0n) is 20.9. The number of thiazole rings is 1. The number of anilines is 2. The molecule has 0 aliphatic carbocycles. The molecule has 3 heterocycles. The van der Waals surface area contributed by atoms with Gasteiger partial charge in [0.05, 0.1) is 48.2 Å². The van der Waals surface area contributed by atoms with Crippen molar-refractivity contribution < 1.29 is 23.5 Å². The SMILES string of the molecule is COC(=S)CC[C@H]1CN(c2ccc(N3CCNN(C(=O)Cc4nc5ccccc5s4)CC3)c(F)c2)C(=O)O1. The lowest BCUT2D eigenvalue weighted by atomic mass is 10.2. The Balaban J connectivity index is 1.19. The van der Waals surface area contributed by atoms with Crippen molar-refractivity contribution in [3.63, 3.8) is 0 Å². The van der Waals surface area contributed by atoms with Crippen molar-refractivity contribution in [2.75, 3.05) is 49.6 Å². The van der Waals surface area contributed by atoms with Crippen LogP contribution < -0.4 is 15.2 Å². The fourth-order valence-electron chi connectivity index (χ4n) is 4.59. The lowest BCUT2D eigenvalue weighted by molar-refractivity contribution is -0.133. The molecule has 0 unspecified atom stereocenters. The number of hydrogen-bond donors (Lipinski definition) is 1. The first-order valence-corrected chi connectivity index (χ1v) is 13.6. The number of nitrogens with one attached hydrogen (secondary N) is 1. The van der Waals surface area contributed by atoms with Gasteiger partial charge in [0, 0.05) is 26.1 Å². The van der Waals surface area contributed by atoms with Crippen molar-refractivity contribution in [2.45, 2.75) is 25.4 Å². The number of nitrogens with zero attached hydrogens (tertiary/aromatic N) is 4. The van der Waals surface area contributed by atoms with Gasteiger partial charge in [-0.05, 0) is 49.0 Å². The molecule has 0 bridgehead atoms. The predicted octanol–water partition coefficient (Wildman–Crippen LogP) is 3.91. The first-order chi connectivity index (χ1) is 18.4. The summed E-state index contributed by atoms with van der Waals surface area (Å²) in [7, 11) is 1.51. The van der Waals surface area contributed by atoms with Crippen molar-refractivity contribution >= 4 is 62.2 Å². The Bertz CT molecular complexity index is 1320. The summed E-state index contributed by atoms with van der Waals surface area (Å²) in [6.07, 6.45) is 0.422. The van der Waals surface area contributed by atoms with Crippen molar-refractivity contribution in [1.29, 1.82) is 0 Å². The van der Waals surface area contributed by atoms with Crippen molar-refractivity contribution in [2.24, 2.45) is 0 Å². The summed E-state index contributed by atoms with van der Waals surface area (Å²) < 4.78 is 26.7. The number of ether oxygens (including phenoxy) is 2. The van der Waals surface area contributed by atoms with E-state index >= 15 is 4.39 Å². The maximum Gasteiger partial charge on any atom is 0.414 e. The molecule has 38 heavy (non-hydrogen) atoms. The molecule has 2 aromatic carbocycles. The van der Waals surface area contributed by atoms with E-state index in [1.165, 1.54) is 29.4 Å². The van der Waals surface area contributed by atoms with Crippen LogP contribution in [0.1, 0.15) is 17.8 Å². The topological polar surface area (TPSA) is 87.2 Å². The lowest BCUT2D eigenvalue weighted by Crippen LogP contribution is -2.44. The highest BCUT2D eigenvalue weighted by atomic mass is 32.1. The second-order valence-corrected chi connectivity index (χ2v) is 10.6. The van der Waals surface area contributed by atoms with Crippen LogP contribution in [0.3, 0.4) is 0 Å². The summed E-state index contributed by atoms with van der Waals surface area (Å²) in [6, 6.07) is 12.6. The average Bonchev–Trinajstić information content (AvgIpc) is 3.40. The summed E-state index contributed by atoms with van der Waals surface area (Å²) in [6.45, 7) is 2.18. The number of hydrazine groups is 1. The summed E-state index contributed by atoms with van der Waals surface area (Å²) in [5.74, 6) is -0.511. The molecule has 0 saturated carbocycles. The second kappa shape index (κ2) is 11.6. The Morgan fingerprint density at radius 1 is 1.26 bits per heavy atom. The number of aromatic nitrogens is 1. The summed E-state index contributed by atoms with van der Waals surface area (Å²) in [4.78, 5) is 33.2. The Hall–Kier alpha value is -3.35. The minimum absolute atomic E-state index is 0.0740. The molecule has 2 aliphatic heterocycles. The first-order valence-electron chi connectivity index (χ1n) is 12.4. The van der Waals surface area contributed by atoms with E-state index in [2.05, 4.69) is 10.4 Å². The number of fused-ring (bicyclic) bond motifs is 1. The molecule has 0 radical (unpaired) electrons. The lowest BCUT2D eigenvalue weighted by Gasteiger charge is -2.24. The number of benzene rings is 2. The zero-order chi connectivity index (χ0) is 26.6. The van der Waals surface area contributed by atoms with Gasteiger partial charge in [-0.15, -0.1) is 11.3 Å². The minimum atomic E-state index is -0.508. The van der Waals surface area contributed by atoms with E-state index in [1.807, 2.05) is 29.2 Å². The molecule has 2 amide bonds. The normalized spacial score (nSPS) is 18.0. The molecular weight excluding hydrogens is 529 g/mol. The summed E-state index contributed by atoms with van der Waals surface area (Å²) in [5, 5.41) is 2.82. The van der Waals surface area contributed by atoms with E-state index in [0.717, 1.165) is 15.2 Å². The number of halogens is 1. The van der Waals surface area contributed by atoms with Gasteiger partial charge in [-0.1, -0.05) is 12.1 Å². The van der Waals surface area contributed by atoms with E-state index < -0.39 is 11.9 Å². The van der Waals surface area contributed by atoms with Gasteiger partial charge in [-0.25, -0.2) is 19.6 Å². The van der Waals surface area contributed by atoms with Gasteiger partial charge in [0.2, 0.25) is 5.91 Å². The van der Waals surface area contributed by atoms with Crippen molar-refractivity contribution in [3.8, 4) is 0 Å². The molecule has 9 nitrogen and oxygen atoms in total. The number of rotatable bonds is 7. The highest BCUT2D eigenvalue weighted by molar-refractivity contribution is 7.80. The number of hydrogen-bond acceptors (Lipinski definition) is 9. The Morgan fingerprint density at radius 2 is 2.11 bits per heavy atom. The molecular formula is C26H28FN5O4S2. The number of carbonyl (C=O) groups is 2. The van der Waals surface area contributed by atoms with Crippen LogP contribution in [0, 0.1) is 5.82 Å². The molecule has 2 saturated heterocycles. The largest absolute Gasteiger partial charge is 0.490 e. The third kappa shape index (κ3) is 5.87. The van der Waals surface area contributed by atoms with Crippen LogP contribution in [0.2, 0.25) is 0 Å². The fraction of sp³-hybridized carbons (Fsp3) is 0.385. The molecule has 1 N–H and O–H groups in total. The third-order valence-electron chi connectivity index (χ3n) is 6.58. The first kappa shape index (κ1) is 26.3. The van der Waals surface area contributed by atoms with Crippen molar-refractivity contribution in [3.05, 3.63) is 53.3 Å². The van der Waals surface area contributed by atoms with E-state index in [0.29, 0.717) is 62.0 Å². The Kier molecular flexibility index (Phi) is 8.01. The molecule has 2 aliphatic rings. The number of amides is 2. The van der Waals surface area contributed by atoms with Crippen molar-refractivity contribution in [1.82, 2.24) is 15.4 Å². The van der Waals surface area contributed by atoms with Gasteiger partial charge in [-0.3, -0.25) is 14.7 Å². The van der Waals surface area contributed by atoms with E-state index in [9.17, 15) is 9.59 Å². The number of cyclic esters (lactones) is 1. The summed E-state index contributed by atoms with van der Waals surface area (Å²) >= 11 is 6.57. The molecule has 5 rings (SSSR count). The predicted molar refractivity (Wildman–Crippen MR) is 148 cm³/mol. The Labute approximate surface area is 229 Å². The van der Waals surface area contributed by atoms with Gasteiger partial charge in [0.1, 0.15) is 16.9 Å². The minimum Gasteiger partial charge on any atom is -0.490 e. The van der Waals surface area contributed by atoms with E-state index in [1.54, 1.807) is 17.1 Å². The average molecular weight is 558 g/mol. The van der Waals surface area contributed by atoms with Gasteiger partial charge in [0.25, 0.3) is 0 Å². The molecule has 3 aromatic rings. The molecule has 0 spiro atoms. The van der Waals surface area contributed by atoms with Crippen LogP contribution in [0.5, 0.6) is 0 Å². The van der Waals surface area contributed by atoms with E-state index in [-0.39, 0.29) is 18.4 Å². The quantitative estimate of drug-likeness (QED) is 0.438.